The van der Waals surface area contributed by atoms with Gasteiger partial charge >= 0.3 is 6.09 Å². The standard InChI is InChI=1S/C17H23NO3/c1-16(2,3)21-15(20)18-10-13-9-17(13,11-19)14(18)12-7-5-4-6-8-12/h4-8,13-14,19H,9-11H2,1-3H3/t13-,14+,17+/m1/s1. The zero-order valence-electron chi connectivity index (χ0n) is 12.9. The van der Waals surface area contributed by atoms with E-state index in [-0.39, 0.29) is 24.2 Å². The Bertz CT molecular complexity index is 533. The molecule has 0 spiro atoms. The molecule has 1 aliphatic heterocycles. The topological polar surface area (TPSA) is 49.8 Å². The molecule has 1 N–H and O–H groups in total. The molecule has 4 heteroatoms. The van der Waals surface area contributed by atoms with E-state index in [4.69, 9.17) is 4.74 Å². The SMILES string of the molecule is CC(C)(C)OC(=O)N1C[C@H]2C[C@@]2(CO)[C@@H]1c1ccccc1. The third-order valence-electron chi connectivity index (χ3n) is 4.59. The summed E-state index contributed by atoms with van der Waals surface area (Å²) in [5, 5.41) is 9.85. The first-order valence-corrected chi connectivity index (χ1v) is 7.53. The maximum atomic E-state index is 12.5. The van der Waals surface area contributed by atoms with Crippen LogP contribution in [-0.4, -0.2) is 34.9 Å². The summed E-state index contributed by atoms with van der Waals surface area (Å²) in [6.07, 6.45) is 0.707. The minimum atomic E-state index is -0.503. The van der Waals surface area contributed by atoms with Gasteiger partial charge in [-0.25, -0.2) is 4.79 Å². The largest absolute Gasteiger partial charge is 0.444 e. The van der Waals surface area contributed by atoms with Crippen LogP contribution in [0.1, 0.15) is 38.8 Å². The van der Waals surface area contributed by atoms with Crippen LogP contribution in [0.4, 0.5) is 4.79 Å². The Morgan fingerprint density at radius 2 is 2.05 bits per heavy atom. The van der Waals surface area contributed by atoms with Crippen LogP contribution in [0.2, 0.25) is 0 Å². The number of aliphatic hydroxyl groups is 1. The van der Waals surface area contributed by atoms with Gasteiger partial charge in [-0.3, -0.25) is 0 Å². The van der Waals surface area contributed by atoms with E-state index in [1.807, 2.05) is 51.1 Å². The lowest BCUT2D eigenvalue weighted by Gasteiger charge is -2.33. The zero-order chi connectivity index (χ0) is 15.3. The van der Waals surface area contributed by atoms with E-state index < -0.39 is 5.60 Å². The van der Waals surface area contributed by atoms with Crippen LogP contribution in [0.15, 0.2) is 30.3 Å². The van der Waals surface area contributed by atoms with Gasteiger partial charge in [0.25, 0.3) is 0 Å². The highest BCUT2D eigenvalue weighted by atomic mass is 16.6. The average Bonchev–Trinajstić information content (AvgIpc) is 3.03. The van der Waals surface area contributed by atoms with E-state index in [1.165, 1.54) is 0 Å². The summed E-state index contributed by atoms with van der Waals surface area (Å²) in [6.45, 7) is 6.43. The van der Waals surface area contributed by atoms with Crippen molar-refractivity contribution in [1.82, 2.24) is 4.90 Å². The molecule has 0 unspecified atom stereocenters. The average molecular weight is 289 g/mol. The molecule has 1 heterocycles. The fraction of sp³-hybridized carbons (Fsp3) is 0.588. The number of piperidine rings is 1. The van der Waals surface area contributed by atoms with Crippen LogP contribution in [-0.2, 0) is 4.74 Å². The Kier molecular flexibility index (Phi) is 3.24. The number of amides is 1. The number of ether oxygens (including phenoxy) is 1. The van der Waals surface area contributed by atoms with E-state index in [0.717, 1.165) is 12.0 Å². The van der Waals surface area contributed by atoms with Gasteiger partial charge in [-0.05, 0) is 38.7 Å². The summed E-state index contributed by atoms with van der Waals surface area (Å²) in [6, 6.07) is 9.89. The summed E-state index contributed by atoms with van der Waals surface area (Å²) < 4.78 is 5.54. The van der Waals surface area contributed by atoms with Crippen molar-refractivity contribution in [3.8, 4) is 0 Å². The molecule has 21 heavy (non-hydrogen) atoms. The van der Waals surface area contributed by atoms with Crippen LogP contribution in [0.3, 0.4) is 0 Å². The maximum Gasteiger partial charge on any atom is 0.410 e. The highest BCUT2D eigenvalue weighted by Gasteiger charge is 2.67. The van der Waals surface area contributed by atoms with E-state index in [0.29, 0.717) is 12.5 Å². The molecular weight excluding hydrogens is 266 g/mol. The first kappa shape index (κ1) is 14.4. The van der Waals surface area contributed by atoms with Gasteiger partial charge in [-0.2, -0.15) is 0 Å². The van der Waals surface area contributed by atoms with Crippen molar-refractivity contribution in [3.63, 3.8) is 0 Å². The van der Waals surface area contributed by atoms with Crippen molar-refractivity contribution < 1.29 is 14.6 Å². The molecule has 0 radical (unpaired) electrons. The number of carbonyl (C=O) groups is 1. The van der Waals surface area contributed by atoms with Crippen molar-refractivity contribution in [3.05, 3.63) is 35.9 Å². The van der Waals surface area contributed by atoms with Crippen LogP contribution >= 0.6 is 0 Å². The Labute approximate surface area is 125 Å². The lowest BCUT2D eigenvalue weighted by Crippen LogP contribution is -2.40. The second kappa shape index (κ2) is 4.73. The van der Waals surface area contributed by atoms with Gasteiger partial charge < -0.3 is 14.7 Å². The van der Waals surface area contributed by atoms with Gasteiger partial charge in [0.1, 0.15) is 5.60 Å². The molecule has 4 nitrogen and oxygen atoms in total. The molecule has 0 aromatic heterocycles. The Morgan fingerprint density at radius 3 is 2.62 bits per heavy atom. The normalized spacial score (nSPS) is 31.0. The highest BCUT2D eigenvalue weighted by molar-refractivity contribution is 5.70. The Hall–Kier alpha value is -1.55. The predicted octanol–water partition coefficient (Wildman–Crippen LogP) is 2.98. The molecule has 3 rings (SSSR count). The molecule has 0 bridgehead atoms. The second-order valence-corrected chi connectivity index (χ2v) is 7.24. The van der Waals surface area contributed by atoms with Gasteiger partial charge in [0.15, 0.2) is 0 Å². The molecule has 3 atom stereocenters. The summed E-state index contributed by atoms with van der Waals surface area (Å²) >= 11 is 0. The van der Waals surface area contributed by atoms with Crippen LogP contribution < -0.4 is 0 Å². The zero-order valence-corrected chi connectivity index (χ0v) is 12.9. The van der Waals surface area contributed by atoms with Gasteiger partial charge in [0, 0.05) is 12.0 Å². The number of likely N-dealkylation sites (tertiary alicyclic amines) is 1. The monoisotopic (exact) mass is 289 g/mol. The highest BCUT2D eigenvalue weighted by Crippen LogP contribution is 2.67. The van der Waals surface area contributed by atoms with Crippen molar-refractivity contribution in [2.45, 2.75) is 38.8 Å². The molecule has 114 valence electrons. The van der Waals surface area contributed by atoms with E-state index in [1.54, 1.807) is 4.90 Å². The summed E-state index contributed by atoms with van der Waals surface area (Å²) in [5.74, 6) is 0.389. The van der Waals surface area contributed by atoms with Gasteiger partial charge in [-0.15, -0.1) is 0 Å². The summed E-state index contributed by atoms with van der Waals surface area (Å²) in [5.41, 5.74) is 0.410. The predicted molar refractivity (Wildman–Crippen MR) is 79.7 cm³/mol. The number of hydrogen-bond acceptors (Lipinski definition) is 3. The fourth-order valence-electron chi connectivity index (χ4n) is 3.56. The number of aliphatic hydroxyl groups excluding tert-OH is 1. The fourth-order valence-corrected chi connectivity index (χ4v) is 3.56. The minimum absolute atomic E-state index is 0.0800. The molecule has 1 amide bonds. The van der Waals surface area contributed by atoms with Crippen molar-refractivity contribution in [2.75, 3.05) is 13.2 Å². The lowest BCUT2D eigenvalue weighted by atomic mass is 9.91. The van der Waals surface area contributed by atoms with E-state index in [9.17, 15) is 9.90 Å². The number of carbonyl (C=O) groups excluding carboxylic acids is 1. The van der Waals surface area contributed by atoms with Crippen LogP contribution in [0, 0.1) is 11.3 Å². The molecule has 1 saturated carbocycles. The van der Waals surface area contributed by atoms with E-state index >= 15 is 0 Å². The number of nitrogens with zero attached hydrogens (tertiary/aromatic N) is 1. The Balaban J connectivity index is 1.89. The van der Waals surface area contributed by atoms with E-state index in [2.05, 4.69) is 0 Å². The molecule has 1 aliphatic carbocycles. The minimum Gasteiger partial charge on any atom is -0.444 e. The number of hydrogen-bond donors (Lipinski definition) is 1. The summed E-state index contributed by atoms with van der Waals surface area (Å²) in [4.78, 5) is 14.3. The lowest BCUT2D eigenvalue weighted by molar-refractivity contribution is 0.0131. The molecule has 2 aliphatic rings. The maximum absolute atomic E-state index is 12.5. The molecular formula is C17H23NO3. The second-order valence-electron chi connectivity index (χ2n) is 7.24. The smallest absolute Gasteiger partial charge is 0.410 e. The van der Waals surface area contributed by atoms with Gasteiger partial charge in [0.05, 0.1) is 12.6 Å². The third kappa shape index (κ3) is 2.42. The van der Waals surface area contributed by atoms with Crippen molar-refractivity contribution in [2.24, 2.45) is 11.3 Å². The van der Waals surface area contributed by atoms with Crippen LogP contribution in [0.25, 0.3) is 0 Å². The molecule has 1 aromatic rings. The molecule has 1 aromatic carbocycles. The number of fused-ring (bicyclic) bond motifs is 1. The Morgan fingerprint density at radius 1 is 1.38 bits per heavy atom. The quantitative estimate of drug-likeness (QED) is 0.910. The number of rotatable bonds is 2. The van der Waals surface area contributed by atoms with Gasteiger partial charge in [-0.1, -0.05) is 30.3 Å². The third-order valence-corrected chi connectivity index (χ3v) is 4.59. The molecule has 2 fully saturated rings. The summed E-state index contributed by atoms with van der Waals surface area (Å²) in [7, 11) is 0. The first-order chi connectivity index (χ1) is 9.87. The number of benzene rings is 1. The van der Waals surface area contributed by atoms with Crippen molar-refractivity contribution in [1.29, 1.82) is 0 Å². The first-order valence-electron chi connectivity index (χ1n) is 7.53. The molecule has 1 saturated heterocycles. The van der Waals surface area contributed by atoms with Gasteiger partial charge in [0.2, 0.25) is 0 Å². The van der Waals surface area contributed by atoms with Crippen molar-refractivity contribution >= 4 is 6.09 Å². The van der Waals surface area contributed by atoms with Crippen LogP contribution in [0.5, 0.6) is 0 Å².